The van der Waals surface area contributed by atoms with Crippen LogP contribution in [0.1, 0.15) is 5.69 Å². The van der Waals surface area contributed by atoms with Crippen molar-refractivity contribution >= 4 is 17.1 Å². The molecule has 25 heavy (non-hydrogen) atoms. The van der Waals surface area contributed by atoms with Crippen LogP contribution in [0.4, 0.5) is 17.1 Å². The summed E-state index contributed by atoms with van der Waals surface area (Å²) in [7, 11) is 1.90. The number of nitro groups is 3. The summed E-state index contributed by atoms with van der Waals surface area (Å²) in [6.45, 7) is 1.99. The highest BCUT2D eigenvalue weighted by Crippen LogP contribution is 2.36. The van der Waals surface area contributed by atoms with Crippen molar-refractivity contribution in [2.24, 2.45) is 7.05 Å². The fourth-order valence-electron chi connectivity index (χ4n) is 1.63. The van der Waals surface area contributed by atoms with Crippen LogP contribution in [0.25, 0.3) is 0 Å². The zero-order valence-electron chi connectivity index (χ0n) is 13.0. The van der Waals surface area contributed by atoms with E-state index >= 15 is 0 Å². The van der Waals surface area contributed by atoms with Gasteiger partial charge in [0.1, 0.15) is 7.05 Å². The normalized spacial score (nSPS) is 9.68. The first-order valence-electron chi connectivity index (χ1n) is 6.48. The van der Waals surface area contributed by atoms with Gasteiger partial charge in [-0.05, 0) is 6.07 Å². The number of aromatic hydroxyl groups is 1. The minimum absolute atomic E-state index is 0.308. The van der Waals surface area contributed by atoms with Gasteiger partial charge in [-0.25, -0.2) is 4.57 Å². The van der Waals surface area contributed by atoms with Gasteiger partial charge in [-0.2, -0.15) is 0 Å². The molecule has 0 saturated heterocycles. The highest BCUT2D eigenvalue weighted by atomic mass is 16.6. The molecule has 1 aromatic carbocycles. The topological polar surface area (TPSA) is 177 Å². The Morgan fingerprint density at radius 2 is 1.44 bits per heavy atom. The molecule has 0 fully saturated rings. The molecule has 1 heterocycles. The van der Waals surface area contributed by atoms with Crippen molar-refractivity contribution in [1.29, 1.82) is 0 Å². The van der Waals surface area contributed by atoms with E-state index in [0.717, 1.165) is 5.69 Å². The molecule has 0 aliphatic rings. The van der Waals surface area contributed by atoms with E-state index in [1.807, 2.05) is 24.6 Å². The largest absolute Gasteiger partial charge is 0.863 e. The number of hydrogen-bond acceptors (Lipinski definition) is 8. The molecule has 12 nitrogen and oxygen atoms in total. The van der Waals surface area contributed by atoms with E-state index in [1.165, 1.54) is 0 Å². The van der Waals surface area contributed by atoms with E-state index in [9.17, 15) is 35.4 Å². The van der Waals surface area contributed by atoms with E-state index in [-0.39, 0.29) is 0 Å². The van der Waals surface area contributed by atoms with Crippen LogP contribution in [0.15, 0.2) is 30.5 Å². The molecule has 0 spiro atoms. The Hall–Kier alpha value is -3.83. The molecule has 1 N–H and O–H groups in total. The maximum atomic E-state index is 11.1. The van der Waals surface area contributed by atoms with E-state index in [4.69, 9.17) is 5.11 Å². The molecule has 0 aliphatic heterocycles. The van der Waals surface area contributed by atoms with Crippen LogP contribution in [-0.4, -0.2) is 19.9 Å². The van der Waals surface area contributed by atoms with Crippen molar-refractivity contribution in [3.8, 4) is 11.5 Å². The number of nitro benzene ring substituents is 3. The third-order valence-electron chi connectivity index (χ3n) is 3.02. The summed E-state index contributed by atoms with van der Waals surface area (Å²) in [6.07, 6.45) is 1.68. The Bertz CT molecular complexity index is 817. The van der Waals surface area contributed by atoms with Crippen molar-refractivity contribution in [1.82, 2.24) is 0 Å². The smallest absolute Gasteiger partial charge is 0.283 e. The van der Waals surface area contributed by atoms with Crippen molar-refractivity contribution in [2.45, 2.75) is 6.92 Å². The summed E-state index contributed by atoms with van der Waals surface area (Å²) >= 11 is 0. The molecule has 0 bridgehead atoms. The number of aryl methyl sites for hydroxylation is 2. The molecule has 132 valence electrons. The second-order valence-electron chi connectivity index (χ2n) is 4.72. The number of nitrogens with zero attached hydrogens (tertiary/aromatic N) is 4. The monoisotopic (exact) mass is 352 g/mol. The van der Waals surface area contributed by atoms with Crippen LogP contribution in [0, 0.1) is 37.3 Å². The SMILES string of the molecule is Cc1ccc(O)c[n+]1C.O=[N+]([O-])c1cc([N+](=O)[O-])c([O-])c([N+](=O)[O-])c1. The molecule has 2 aromatic rings. The molecule has 0 atom stereocenters. The van der Waals surface area contributed by atoms with Gasteiger partial charge in [0, 0.05) is 13.0 Å². The van der Waals surface area contributed by atoms with Gasteiger partial charge in [0.15, 0.2) is 11.4 Å². The summed E-state index contributed by atoms with van der Waals surface area (Å²) in [5.74, 6) is -1.15. The van der Waals surface area contributed by atoms with Gasteiger partial charge in [-0.15, -0.1) is 0 Å². The summed E-state index contributed by atoms with van der Waals surface area (Å²) in [6, 6.07) is 4.31. The van der Waals surface area contributed by atoms with Crippen LogP contribution in [0.5, 0.6) is 11.5 Å². The minimum atomic E-state index is -1.46. The van der Waals surface area contributed by atoms with Crippen LogP contribution >= 0.6 is 0 Å². The van der Waals surface area contributed by atoms with Gasteiger partial charge >= 0.3 is 0 Å². The fourth-order valence-corrected chi connectivity index (χ4v) is 1.63. The van der Waals surface area contributed by atoms with E-state index in [1.54, 1.807) is 12.3 Å². The second kappa shape index (κ2) is 7.63. The summed E-state index contributed by atoms with van der Waals surface area (Å²) in [4.78, 5) is 27.5. The van der Waals surface area contributed by atoms with Crippen molar-refractivity contribution in [3.63, 3.8) is 0 Å². The van der Waals surface area contributed by atoms with Gasteiger partial charge in [0.05, 0.1) is 32.7 Å². The lowest BCUT2D eigenvalue weighted by Gasteiger charge is -2.06. The van der Waals surface area contributed by atoms with Crippen molar-refractivity contribution in [3.05, 3.63) is 66.5 Å². The Labute approximate surface area is 139 Å². The quantitative estimate of drug-likeness (QED) is 0.483. The first kappa shape index (κ1) is 19.2. The van der Waals surface area contributed by atoms with Crippen LogP contribution in [-0.2, 0) is 7.05 Å². The van der Waals surface area contributed by atoms with Crippen LogP contribution in [0.3, 0.4) is 0 Å². The standard InChI is InChI=1S/C7H9NO.C6H3N3O7/c1-6-3-4-7(9)5-8(6)2;10-6-4(8(13)14)1-3(7(11)12)2-5(6)9(15)16/h3-5H,1-2H3;1-2,10H. The van der Waals surface area contributed by atoms with Gasteiger partial charge in [0.2, 0.25) is 6.20 Å². The number of non-ortho nitro benzene ring substituents is 1. The predicted molar refractivity (Wildman–Crippen MR) is 79.9 cm³/mol. The molecule has 0 radical (unpaired) electrons. The van der Waals surface area contributed by atoms with Gasteiger partial charge in [-0.3, -0.25) is 30.3 Å². The molecule has 0 saturated carbocycles. The highest BCUT2D eigenvalue weighted by molar-refractivity contribution is 5.63. The highest BCUT2D eigenvalue weighted by Gasteiger charge is 2.24. The predicted octanol–water partition coefficient (Wildman–Crippen LogP) is 1.01. The van der Waals surface area contributed by atoms with E-state index in [2.05, 4.69) is 0 Å². The number of aromatic nitrogens is 1. The molecule has 12 heteroatoms. The average molecular weight is 352 g/mol. The fraction of sp³-hybridized carbons (Fsp3) is 0.154. The lowest BCUT2D eigenvalue weighted by atomic mass is 10.2. The molecular formula is C13H12N4O8. The minimum Gasteiger partial charge on any atom is -0.863 e. The Kier molecular flexibility index (Phi) is 5.86. The Balaban J connectivity index is 0.000000293. The van der Waals surface area contributed by atoms with Gasteiger partial charge in [-0.1, -0.05) is 0 Å². The number of benzene rings is 1. The number of rotatable bonds is 3. The summed E-state index contributed by atoms with van der Waals surface area (Å²) < 4.78 is 1.87. The molecule has 0 aliphatic carbocycles. The van der Waals surface area contributed by atoms with Crippen LogP contribution < -0.4 is 9.67 Å². The second-order valence-corrected chi connectivity index (χ2v) is 4.72. The Morgan fingerprint density at radius 1 is 0.960 bits per heavy atom. The molecule has 0 amide bonds. The number of pyridine rings is 1. The first-order valence-corrected chi connectivity index (χ1v) is 6.48. The van der Waals surface area contributed by atoms with Crippen molar-refractivity contribution in [2.75, 3.05) is 0 Å². The van der Waals surface area contributed by atoms with Crippen molar-refractivity contribution < 1.29 is 29.6 Å². The molecular weight excluding hydrogens is 340 g/mol. The Morgan fingerprint density at radius 3 is 1.76 bits per heavy atom. The maximum Gasteiger partial charge on any atom is 0.283 e. The summed E-state index contributed by atoms with van der Waals surface area (Å²) in [5.41, 5.74) is -2.13. The lowest BCUT2D eigenvalue weighted by Crippen LogP contribution is -2.30. The zero-order chi connectivity index (χ0) is 19.3. The first-order chi connectivity index (χ1) is 11.5. The molecule has 2 rings (SSSR count). The van der Waals surface area contributed by atoms with E-state index in [0.29, 0.717) is 17.9 Å². The maximum absolute atomic E-state index is 11.1. The van der Waals surface area contributed by atoms with Gasteiger partial charge in [0.25, 0.3) is 17.1 Å². The number of hydrogen-bond donors (Lipinski definition) is 1. The van der Waals surface area contributed by atoms with Gasteiger partial charge < -0.3 is 10.2 Å². The van der Waals surface area contributed by atoms with E-state index < -0.39 is 37.6 Å². The summed E-state index contributed by atoms with van der Waals surface area (Å²) in [5, 5.41) is 51.0. The lowest BCUT2D eigenvalue weighted by molar-refractivity contribution is -0.678. The third-order valence-corrected chi connectivity index (χ3v) is 3.02. The van der Waals surface area contributed by atoms with Crippen LogP contribution in [0.2, 0.25) is 0 Å². The zero-order valence-corrected chi connectivity index (χ0v) is 13.0. The molecule has 1 aromatic heterocycles. The molecule has 0 unspecified atom stereocenters. The third kappa shape index (κ3) is 4.82. The average Bonchev–Trinajstić information content (AvgIpc) is 2.51.